The van der Waals surface area contributed by atoms with Crippen LogP contribution < -0.4 is 5.73 Å². The van der Waals surface area contributed by atoms with Gasteiger partial charge < -0.3 is 5.73 Å². The molecule has 0 aromatic heterocycles. The molecule has 0 fully saturated rings. The summed E-state index contributed by atoms with van der Waals surface area (Å²) in [6.07, 6.45) is 3.43. The van der Waals surface area contributed by atoms with Gasteiger partial charge in [-0.3, -0.25) is 0 Å². The van der Waals surface area contributed by atoms with Gasteiger partial charge in [0.05, 0.1) is 0 Å². The summed E-state index contributed by atoms with van der Waals surface area (Å²) in [5, 5.41) is 0. The van der Waals surface area contributed by atoms with Gasteiger partial charge in [0, 0.05) is 6.04 Å². The molecule has 2 atom stereocenters. The number of rotatable bonds is 5. The Balaban J connectivity index is 3.63. The van der Waals surface area contributed by atoms with E-state index >= 15 is 0 Å². The Morgan fingerprint density at radius 1 is 1.55 bits per heavy atom. The third-order valence-corrected chi connectivity index (χ3v) is 2.06. The third kappa shape index (κ3) is 5.02. The van der Waals surface area contributed by atoms with Crippen LogP contribution in [0.2, 0.25) is 0 Å². The molecule has 0 aliphatic rings. The Labute approximate surface area is 70.7 Å². The molecule has 0 rings (SSSR count). The highest BCUT2D eigenvalue weighted by Crippen LogP contribution is 2.14. The molecule has 1 heteroatoms. The highest BCUT2D eigenvalue weighted by Gasteiger charge is 2.10. The summed E-state index contributed by atoms with van der Waals surface area (Å²) >= 11 is 0. The van der Waals surface area contributed by atoms with Gasteiger partial charge in [-0.2, -0.15) is 0 Å². The molecule has 0 heterocycles. The van der Waals surface area contributed by atoms with Crippen LogP contribution in [0.15, 0.2) is 12.2 Å². The zero-order valence-electron chi connectivity index (χ0n) is 8.06. The maximum absolute atomic E-state index is 5.94. The van der Waals surface area contributed by atoms with Crippen LogP contribution in [0.25, 0.3) is 0 Å². The lowest BCUT2D eigenvalue weighted by atomic mass is 9.93. The third-order valence-electron chi connectivity index (χ3n) is 2.06. The summed E-state index contributed by atoms with van der Waals surface area (Å²) in [5.74, 6) is 0.636. The molecule has 2 N–H and O–H groups in total. The molecule has 0 aliphatic carbocycles. The van der Waals surface area contributed by atoms with Crippen LogP contribution in [0.3, 0.4) is 0 Å². The molecule has 0 radical (unpaired) electrons. The van der Waals surface area contributed by atoms with Crippen molar-refractivity contribution in [3.63, 3.8) is 0 Å². The first-order valence-corrected chi connectivity index (χ1v) is 4.47. The van der Waals surface area contributed by atoms with Crippen molar-refractivity contribution in [2.45, 2.75) is 46.1 Å². The van der Waals surface area contributed by atoms with Crippen LogP contribution in [-0.4, -0.2) is 6.04 Å². The number of hydrogen-bond donors (Lipinski definition) is 1. The van der Waals surface area contributed by atoms with Gasteiger partial charge in [0.15, 0.2) is 0 Å². The van der Waals surface area contributed by atoms with E-state index in [1.807, 2.05) is 6.92 Å². The highest BCUT2D eigenvalue weighted by atomic mass is 14.6. The second-order valence-corrected chi connectivity index (χ2v) is 3.59. The van der Waals surface area contributed by atoms with Gasteiger partial charge in [0.2, 0.25) is 0 Å². The highest BCUT2D eigenvalue weighted by molar-refractivity contribution is 4.93. The molecule has 0 aromatic carbocycles. The van der Waals surface area contributed by atoms with E-state index in [9.17, 15) is 0 Å². The summed E-state index contributed by atoms with van der Waals surface area (Å²) in [7, 11) is 0. The van der Waals surface area contributed by atoms with Gasteiger partial charge in [-0.05, 0) is 25.7 Å². The average Bonchev–Trinajstić information content (AvgIpc) is 1.86. The van der Waals surface area contributed by atoms with Gasteiger partial charge in [0.25, 0.3) is 0 Å². The Hall–Kier alpha value is -0.300. The molecule has 0 spiro atoms. The topological polar surface area (TPSA) is 26.0 Å². The van der Waals surface area contributed by atoms with Gasteiger partial charge in [0.1, 0.15) is 0 Å². The first-order chi connectivity index (χ1) is 5.07. The lowest BCUT2D eigenvalue weighted by Gasteiger charge is -2.18. The second-order valence-electron chi connectivity index (χ2n) is 3.59. The zero-order valence-corrected chi connectivity index (χ0v) is 8.06. The van der Waals surface area contributed by atoms with Crippen molar-refractivity contribution < 1.29 is 0 Å². The minimum atomic E-state index is 0.312. The largest absolute Gasteiger partial charge is 0.327 e. The van der Waals surface area contributed by atoms with E-state index < -0.39 is 0 Å². The molecule has 11 heavy (non-hydrogen) atoms. The quantitative estimate of drug-likeness (QED) is 0.607. The Kier molecular flexibility index (Phi) is 5.22. The van der Waals surface area contributed by atoms with E-state index in [0.717, 1.165) is 6.42 Å². The van der Waals surface area contributed by atoms with Gasteiger partial charge in [-0.25, -0.2) is 0 Å². The van der Waals surface area contributed by atoms with E-state index in [1.54, 1.807) is 0 Å². The fourth-order valence-corrected chi connectivity index (χ4v) is 1.27. The van der Waals surface area contributed by atoms with Crippen molar-refractivity contribution in [1.82, 2.24) is 0 Å². The molecule has 0 aromatic rings. The zero-order chi connectivity index (χ0) is 8.85. The molecular formula is C10H21N. The summed E-state index contributed by atoms with van der Waals surface area (Å²) in [6.45, 7) is 10.3. The van der Waals surface area contributed by atoms with Crippen LogP contribution >= 0.6 is 0 Å². The lowest BCUT2D eigenvalue weighted by Crippen LogP contribution is -2.28. The Morgan fingerprint density at radius 2 is 2.09 bits per heavy atom. The van der Waals surface area contributed by atoms with Crippen LogP contribution in [0.4, 0.5) is 0 Å². The van der Waals surface area contributed by atoms with E-state index in [2.05, 4.69) is 20.4 Å². The smallest absolute Gasteiger partial charge is 0.0102 e. The average molecular weight is 155 g/mol. The van der Waals surface area contributed by atoms with Crippen LogP contribution in [0.1, 0.15) is 40.0 Å². The van der Waals surface area contributed by atoms with E-state index in [0.29, 0.717) is 12.0 Å². The predicted octanol–water partition coefficient (Wildman–Crippen LogP) is 2.72. The molecule has 0 bridgehead atoms. The van der Waals surface area contributed by atoms with Gasteiger partial charge in [-0.15, -0.1) is 6.58 Å². The summed E-state index contributed by atoms with van der Waals surface area (Å²) in [6, 6.07) is 0.312. The first-order valence-electron chi connectivity index (χ1n) is 4.47. The molecule has 0 saturated carbocycles. The van der Waals surface area contributed by atoms with Crippen LogP contribution in [-0.2, 0) is 0 Å². The summed E-state index contributed by atoms with van der Waals surface area (Å²) in [5.41, 5.74) is 7.14. The first kappa shape index (κ1) is 10.7. The van der Waals surface area contributed by atoms with Gasteiger partial charge >= 0.3 is 0 Å². The van der Waals surface area contributed by atoms with Crippen molar-refractivity contribution in [1.29, 1.82) is 0 Å². The second kappa shape index (κ2) is 5.36. The SMILES string of the molecule is C=C(C)CC(N)C(C)CCC. The van der Waals surface area contributed by atoms with Crippen molar-refractivity contribution in [3.8, 4) is 0 Å². The maximum Gasteiger partial charge on any atom is 0.0102 e. The fraction of sp³-hybridized carbons (Fsp3) is 0.800. The Bertz CT molecular complexity index is 118. The normalized spacial score (nSPS) is 16.0. The minimum absolute atomic E-state index is 0.312. The number of nitrogens with two attached hydrogens (primary N) is 1. The standard InChI is InChI=1S/C10H21N/c1-5-6-9(4)10(11)7-8(2)3/h9-10H,2,5-7,11H2,1,3-4H3. The maximum atomic E-state index is 5.94. The molecular weight excluding hydrogens is 134 g/mol. The summed E-state index contributed by atoms with van der Waals surface area (Å²) in [4.78, 5) is 0. The lowest BCUT2D eigenvalue weighted by molar-refractivity contribution is 0.419. The van der Waals surface area contributed by atoms with E-state index in [1.165, 1.54) is 18.4 Å². The molecule has 2 unspecified atom stereocenters. The van der Waals surface area contributed by atoms with Gasteiger partial charge in [-0.1, -0.05) is 25.8 Å². The molecule has 66 valence electrons. The van der Waals surface area contributed by atoms with Crippen molar-refractivity contribution in [3.05, 3.63) is 12.2 Å². The molecule has 0 saturated heterocycles. The fourth-order valence-electron chi connectivity index (χ4n) is 1.27. The minimum Gasteiger partial charge on any atom is -0.327 e. The molecule has 1 nitrogen and oxygen atoms in total. The van der Waals surface area contributed by atoms with Crippen molar-refractivity contribution in [2.75, 3.05) is 0 Å². The molecule has 0 amide bonds. The van der Waals surface area contributed by atoms with E-state index in [-0.39, 0.29) is 0 Å². The Morgan fingerprint density at radius 3 is 2.45 bits per heavy atom. The number of hydrogen-bond acceptors (Lipinski definition) is 1. The van der Waals surface area contributed by atoms with Crippen LogP contribution in [0.5, 0.6) is 0 Å². The van der Waals surface area contributed by atoms with Crippen LogP contribution in [0, 0.1) is 5.92 Å². The molecule has 0 aliphatic heterocycles. The van der Waals surface area contributed by atoms with E-state index in [4.69, 9.17) is 5.73 Å². The predicted molar refractivity (Wildman–Crippen MR) is 51.5 cm³/mol. The summed E-state index contributed by atoms with van der Waals surface area (Å²) < 4.78 is 0. The van der Waals surface area contributed by atoms with Crippen molar-refractivity contribution in [2.24, 2.45) is 11.7 Å². The monoisotopic (exact) mass is 155 g/mol. The van der Waals surface area contributed by atoms with Crippen molar-refractivity contribution >= 4 is 0 Å².